The molecule has 0 bridgehead atoms. The maximum Gasteiger partial charge on any atom is 0.144 e. The van der Waals surface area contributed by atoms with Crippen LogP contribution in [0.4, 0.5) is 17.3 Å². The minimum Gasteiger partial charge on any atom is -0.495 e. The van der Waals surface area contributed by atoms with Crippen molar-refractivity contribution in [2.45, 2.75) is 6.92 Å². The smallest absolute Gasteiger partial charge is 0.144 e. The largest absolute Gasteiger partial charge is 0.495 e. The van der Waals surface area contributed by atoms with Gasteiger partial charge in [0.15, 0.2) is 0 Å². The molecule has 1 heterocycles. The molecule has 0 unspecified atom stereocenters. The zero-order valence-electron chi connectivity index (χ0n) is 13.3. The molecule has 0 saturated carbocycles. The molecule has 2 N–H and O–H groups in total. The fraction of sp³-hybridized carbons (Fsp3) is 0.250. The number of rotatable bonds is 7. The van der Waals surface area contributed by atoms with E-state index in [1.54, 1.807) is 38.5 Å². The number of anilines is 3. The molecular formula is C16H19ClN4O2. The highest BCUT2D eigenvalue weighted by Crippen LogP contribution is 2.37. The summed E-state index contributed by atoms with van der Waals surface area (Å²) in [5.74, 6) is 3.12. The lowest BCUT2D eigenvalue weighted by molar-refractivity contribution is 0.405. The number of aryl methyl sites for hydroxylation is 1. The van der Waals surface area contributed by atoms with Gasteiger partial charge in [-0.15, -0.1) is 6.58 Å². The second kappa shape index (κ2) is 7.69. The molecule has 6 nitrogen and oxygen atoms in total. The minimum atomic E-state index is 0.474. The highest BCUT2D eigenvalue weighted by Gasteiger charge is 2.11. The van der Waals surface area contributed by atoms with Crippen LogP contribution < -0.4 is 20.1 Å². The molecule has 1 aromatic heterocycles. The van der Waals surface area contributed by atoms with Crippen LogP contribution in [0.15, 0.2) is 30.9 Å². The highest BCUT2D eigenvalue weighted by molar-refractivity contribution is 6.32. The number of ether oxygens (including phenoxy) is 2. The molecular weight excluding hydrogens is 316 g/mol. The Morgan fingerprint density at radius 3 is 2.48 bits per heavy atom. The summed E-state index contributed by atoms with van der Waals surface area (Å²) in [4.78, 5) is 8.69. The Labute approximate surface area is 140 Å². The summed E-state index contributed by atoms with van der Waals surface area (Å²) in [5, 5.41) is 6.81. The summed E-state index contributed by atoms with van der Waals surface area (Å²) in [6.45, 7) is 6.12. The number of methoxy groups -OCH3 is 2. The average Bonchev–Trinajstić information content (AvgIpc) is 2.53. The number of aromatic nitrogens is 2. The number of benzene rings is 1. The van der Waals surface area contributed by atoms with Crippen LogP contribution in [0, 0.1) is 6.92 Å². The molecule has 0 aliphatic heterocycles. The van der Waals surface area contributed by atoms with Crippen molar-refractivity contribution in [3.63, 3.8) is 0 Å². The Bertz CT molecular complexity index is 707. The van der Waals surface area contributed by atoms with Crippen molar-refractivity contribution < 1.29 is 9.47 Å². The third-order valence-corrected chi connectivity index (χ3v) is 3.30. The molecule has 23 heavy (non-hydrogen) atoms. The van der Waals surface area contributed by atoms with Gasteiger partial charge in [-0.05, 0) is 6.92 Å². The Morgan fingerprint density at radius 1 is 1.13 bits per heavy atom. The van der Waals surface area contributed by atoms with Crippen molar-refractivity contribution in [3.8, 4) is 11.5 Å². The first-order valence-electron chi connectivity index (χ1n) is 6.96. The standard InChI is InChI=1S/C16H19ClN4O2/c1-5-6-18-15-9-16(20-10(2)19-15)21-12-8-13(22-3)11(17)7-14(12)23-4/h5,7-9H,1,6H2,2-4H3,(H2,18,19,20,21). The van der Waals surface area contributed by atoms with Gasteiger partial charge in [0.1, 0.15) is 29.0 Å². The topological polar surface area (TPSA) is 68.3 Å². The Kier molecular flexibility index (Phi) is 5.65. The van der Waals surface area contributed by atoms with E-state index in [1.807, 2.05) is 6.92 Å². The van der Waals surface area contributed by atoms with Crippen LogP contribution in [0.25, 0.3) is 0 Å². The van der Waals surface area contributed by atoms with Crippen LogP contribution in [-0.2, 0) is 0 Å². The van der Waals surface area contributed by atoms with E-state index in [9.17, 15) is 0 Å². The summed E-state index contributed by atoms with van der Waals surface area (Å²) >= 11 is 6.11. The van der Waals surface area contributed by atoms with Gasteiger partial charge < -0.3 is 20.1 Å². The van der Waals surface area contributed by atoms with Gasteiger partial charge >= 0.3 is 0 Å². The van der Waals surface area contributed by atoms with Crippen molar-refractivity contribution in [2.24, 2.45) is 0 Å². The van der Waals surface area contributed by atoms with Crippen LogP contribution in [0.3, 0.4) is 0 Å². The van der Waals surface area contributed by atoms with E-state index in [0.29, 0.717) is 46.2 Å². The van der Waals surface area contributed by atoms with E-state index in [-0.39, 0.29) is 0 Å². The highest BCUT2D eigenvalue weighted by atomic mass is 35.5. The third-order valence-electron chi connectivity index (χ3n) is 3.00. The van der Waals surface area contributed by atoms with Crippen molar-refractivity contribution in [1.82, 2.24) is 9.97 Å². The van der Waals surface area contributed by atoms with Gasteiger partial charge in [-0.1, -0.05) is 17.7 Å². The van der Waals surface area contributed by atoms with E-state index >= 15 is 0 Å². The molecule has 0 spiro atoms. The lowest BCUT2D eigenvalue weighted by atomic mass is 10.2. The van der Waals surface area contributed by atoms with Gasteiger partial charge in [0.2, 0.25) is 0 Å². The molecule has 0 amide bonds. The fourth-order valence-corrected chi connectivity index (χ4v) is 2.23. The van der Waals surface area contributed by atoms with Crippen molar-refractivity contribution in [3.05, 3.63) is 41.7 Å². The van der Waals surface area contributed by atoms with E-state index in [1.165, 1.54) is 0 Å². The molecule has 2 rings (SSSR count). The molecule has 0 saturated heterocycles. The first-order valence-corrected chi connectivity index (χ1v) is 7.34. The summed E-state index contributed by atoms with van der Waals surface area (Å²) in [5.41, 5.74) is 0.696. The number of nitrogens with one attached hydrogen (secondary N) is 2. The van der Waals surface area contributed by atoms with Gasteiger partial charge in [-0.25, -0.2) is 9.97 Å². The monoisotopic (exact) mass is 334 g/mol. The van der Waals surface area contributed by atoms with E-state index in [2.05, 4.69) is 27.2 Å². The van der Waals surface area contributed by atoms with Gasteiger partial charge in [0.05, 0.1) is 24.9 Å². The molecule has 0 aliphatic carbocycles. The molecule has 7 heteroatoms. The van der Waals surface area contributed by atoms with Crippen molar-refractivity contribution >= 4 is 28.9 Å². The number of hydrogen-bond donors (Lipinski definition) is 2. The van der Waals surface area contributed by atoms with Gasteiger partial charge in [-0.3, -0.25) is 0 Å². The summed E-state index contributed by atoms with van der Waals surface area (Å²) in [7, 11) is 3.13. The lowest BCUT2D eigenvalue weighted by Gasteiger charge is -2.14. The van der Waals surface area contributed by atoms with Crippen LogP contribution in [0.1, 0.15) is 5.82 Å². The van der Waals surface area contributed by atoms with E-state index < -0.39 is 0 Å². The van der Waals surface area contributed by atoms with Crippen LogP contribution in [0.2, 0.25) is 5.02 Å². The fourth-order valence-electron chi connectivity index (χ4n) is 2.00. The van der Waals surface area contributed by atoms with Crippen molar-refractivity contribution in [1.29, 1.82) is 0 Å². The summed E-state index contributed by atoms with van der Waals surface area (Å²) in [6, 6.07) is 5.25. The Hall–Kier alpha value is -2.47. The molecule has 2 aromatic rings. The molecule has 0 aliphatic rings. The SMILES string of the molecule is C=CCNc1cc(Nc2cc(OC)c(Cl)cc2OC)nc(C)n1. The number of hydrogen-bond acceptors (Lipinski definition) is 6. The van der Waals surface area contributed by atoms with Crippen LogP contribution in [-0.4, -0.2) is 30.7 Å². The lowest BCUT2D eigenvalue weighted by Crippen LogP contribution is -2.05. The minimum absolute atomic E-state index is 0.474. The second-order valence-electron chi connectivity index (χ2n) is 4.67. The number of nitrogens with zero attached hydrogens (tertiary/aromatic N) is 2. The first-order chi connectivity index (χ1) is 11.1. The maximum atomic E-state index is 6.11. The van der Waals surface area contributed by atoms with Crippen LogP contribution in [0.5, 0.6) is 11.5 Å². The van der Waals surface area contributed by atoms with E-state index in [0.717, 1.165) is 0 Å². The normalized spacial score (nSPS) is 10.1. The first kappa shape index (κ1) is 16.9. The molecule has 1 aromatic carbocycles. The summed E-state index contributed by atoms with van der Waals surface area (Å²) in [6.07, 6.45) is 1.76. The third kappa shape index (κ3) is 4.26. The molecule has 0 atom stereocenters. The zero-order valence-corrected chi connectivity index (χ0v) is 14.1. The summed E-state index contributed by atoms with van der Waals surface area (Å²) < 4.78 is 10.6. The molecule has 0 fully saturated rings. The predicted molar refractivity (Wildman–Crippen MR) is 93.3 cm³/mol. The average molecular weight is 335 g/mol. The predicted octanol–water partition coefficient (Wildman–Crippen LogP) is 3.80. The Morgan fingerprint density at radius 2 is 1.83 bits per heavy atom. The van der Waals surface area contributed by atoms with E-state index in [4.69, 9.17) is 21.1 Å². The zero-order chi connectivity index (χ0) is 16.8. The van der Waals surface area contributed by atoms with Gasteiger partial charge in [0, 0.05) is 24.7 Å². The van der Waals surface area contributed by atoms with Gasteiger partial charge in [-0.2, -0.15) is 0 Å². The number of halogens is 1. The maximum absolute atomic E-state index is 6.11. The quantitative estimate of drug-likeness (QED) is 0.751. The Balaban J connectivity index is 2.34. The van der Waals surface area contributed by atoms with Crippen LogP contribution >= 0.6 is 11.6 Å². The van der Waals surface area contributed by atoms with Crippen molar-refractivity contribution in [2.75, 3.05) is 31.4 Å². The van der Waals surface area contributed by atoms with Gasteiger partial charge in [0.25, 0.3) is 0 Å². The molecule has 0 radical (unpaired) electrons. The molecule has 122 valence electrons. The second-order valence-corrected chi connectivity index (χ2v) is 5.07.